The Balaban J connectivity index is 1.28. The molecule has 2 aromatic heterocycles. The van der Waals surface area contributed by atoms with Gasteiger partial charge in [0, 0.05) is 49.2 Å². The van der Waals surface area contributed by atoms with Crippen molar-refractivity contribution in [3.63, 3.8) is 0 Å². The molecule has 8 nitrogen and oxygen atoms in total. The van der Waals surface area contributed by atoms with Gasteiger partial charge in [-0.05, 0) is 42.3 Å². The van der Waals surface area contributed by atoms with E-state index in [0.717, 1.165) is 60.6 Å². The van der Waals surface area contributed by atoms with Crippen LogP contribution in [-0.4, -0.2) is 50.3 Å². The van der Waals surface area contributed by atoms with Gasteiger partial charge >= 0.3 is 0 Å². The lowest BCUT2D eigenvalue weighted by Crippen LogP contribution is -2.47. The summed E-state index contributed by atoms with van der Waals surface area (Å²) in [7, 11) is 0. The average Bonchev–Trinajstić information content (AvgIpc) is 3.58. The third kappa shape index (κ3) is 5.61. The summed E-state index contributed by atoms with van der Waals surface area (Å²) in [6.07, 6.45) is 0.741. The van der Waals surface area contributed by atoms with Gasteiger partial charge in [-0.2, -0.15) is 8.75 Å². The molecule has 0 bridgehead atoms. The number of anilines is 1. The zero-order valence-electron chi connectivity index (χ0n) is 25.1. The molecule has 0 saturated carbocycles. The fraction of sp³-hybridized carbons (Fsp3) is 0.222. The molecule has 1 atom stereocenters. The number of benzene rings is 4. The second-order valence-electron chi connectivity index (χ2n) is 11.4. The topological polar surface area (TPSA) is 83.4 Å². The largest absolute Gasteiger partial charge is 0.367 e. The van der Waals surface area contributed by atoms with Gasteiger partial charge in [0.05, 0.1) is 34.7 Å². The third-order valence-electron chi connectivity index (χ3n) is 8.70. The number of piperazine rings is 1. The number of hydrogen-bond acceptors (Lipinski definition) is 7. The molecule has 0 unspecified atom stereocenters. The molecular weight excluding hydrogens is 581 g/mol. The zero-order chi connectivity index (χ0) is 30.8. The lowest BCUT2D eigenvalue weighted by Gasteiger charge is -2.36. The SMILES string of the molecule is CC[C@H](NC(=O)c1c(CN2CCN(c3cccc4nsnc34)CC2)n(-c2ccccc2)c(=O)c2ccccc12)c1ccccc1. The highest BCUT2D eigenvalue weighted by Crippen LogP contribution is 2.29. The molecule has 0 radical (unpaired) electrons. The van der Waals surface area contributed by atoms with E-state index in [1.165, 1.54) is 11.7 Å². The Morgan fingerprint density at radius 3 is 2.24 bits per heavy atom. The molecule has 45 heavy (non-hydrogen) atoms. The van der Waals surface area contributed by atoms with Crippen molar-refractivity contribution in [3.8, 4) is 5.69 Å². The number of fused-ring (bicyclic) bond motifs is 2. The molecule has 4 aromatic carbocycles. The van der Waals surface area contributed by atoms with Crippen LogP contribution < -0.4 is 15.8 Å². The van der Waals surface area contributed by atoms with Crippen LogP contribution >= 0.6 is 11.7 Å². The first kappa shape index (κ1) is 28.9. The minimum atomic E-state index is -0.178. The highest BCUT2D eigenvalue weighted by molar-refractivity contribution is 7.00. The molecule has 1 amide bonds. The molecule has 0 aliphatic carbocycles. The van der Waals surface area contributed by atoms with Crippen molar-refractivity contribution in [1.29, 1.82) is 0 Å². The van der Waals surface area contributed by atoms with Crippen molar-refractivity contribution < 1.29 is 4.79 Å². The molecule has 1 aliphatic rings. The van der Waals surface area contributed by atoms with Gasteiger partial charge in [-0.1, -0.05) is 79.7 Å². The molecular formula is C36H34N6O2S. The number of aromatic nitrogens is 3. The second-order valence-corrected chi connectivity index (χ2v) is 11.9. The summed E-state index contributed by atoms with van der Waals surface area (Å²) in [6, 6.07) is 33.1. The average molecular weight is 615 g/mol. The number of nitrogens with one attached hydrogen (secondary N) is 1. The summed E-state index contributed by atoms with van der Waals surface area (Å²) in [6.45, 7) is 5.67. The van der Waals surface area contributed by atoms with Crippen molar-refractivity contribution >= 4 is 45.1 Å². The molecule has 6 aromatic rings. The first-order chi connectivity index (χ1) is 22.1. The van der Waals surface area contributed by atoms with E-state index in [0.29, 0.717) is 28.6 Å². The molecule has 0 spiro atoms. The maximum absolute atomic E-state index is 14.4. The van der Waals surface area contributed by atoms with E-state index in [4.69, 9.17) is 0 Å². The van der Waals surface area contributed by atoms with Crippen LogP contribution in [0.5, 0.6) is 0 Å². The van der Waals surface area contributed by atoms with Crippen LogP contribution in [0.15, 0.2) is 108 Å². The number of carbonyl (C=O) groups excluding carboxylic acids is 1. The van der Waals surface area contributed by atoms with Gasteiger partial charge in [0.2, 0.25) is 0 Å². The second kappa shape index (κ2) is 12.6. The fourth-order valence-corrected chi connectivity index (χ4v) is 6.94. The molecule has 3 heterocycles. The molecule has 9 heteroatoms. The smallest absolute Gasteiger partial charge is 0.263 e. The highest BCUT2D eigenvalue weighted by atomic mass is 32.1. The van der Waals surface area contributed by atoms with Crippen molar-refractivity contribution in [2.24, 2.45) is 0 Å². The van der Waals surface area contributed by atoms with Crippen LogP contribution in [0.1, 0.15) is 41.0 Å². The Kier molecular flexibility index (Phi) is 8.11. The standard InChI is InChI=1S/C36H34N6O2S/c1-2-29(25-12-5-3-6-13-25)37-35(43)33-27-16-9-10-17-28(27)36(44)42(26-14-7-4-8-15-26)32(33)24-40-20-22-41(23-21-40)31-19-11-18-30-34(31)39-45-38-30/h3-19,29H,2,20-24H2,1H3,(H,37,43)/t29-/m0/s1. The van der Waals surface area contributed by atoms with E-state index in [2.05, 4.69) is 36.9 Å². The number of amides is 1. The Labute approximate surface area is 265 Å². The highest BCUT2D eigenvalue weighted by Gasteiger charge is 2.28. The molecule has 1 fully saturated rings. The summed E-state index contributed by atoms with van der Waals surface area (Å²) in [5, 5.41) is 4.52. The van der Waals surface area contributed by atoms with Crippen LogP contribution in [0, 0.1) is 0 Å². The maximum atomic E-state index is 14.4. The molecule has 1 N–H and O–H groups in total. The number of hydrogen-bond donors (Lipinski definition) is 1. The quantitative estimate of drug-likeness (QED) is 0.220. The van der Waals surface area contributed by atoms with Gasteiger partial charge in [0.1, 0.15) is 11.0 Å². The first-order valence-electron chi connectivity index (χ1n) is 15.4. The Bertz CT molecular complexity index is 2020. The van der Waals surface area contributed by atoms with Gasteiger partial charge in [-0.3, -0.25) is 19.1 Å². The summed E-state index contributed by atoms with van der Waals surface area (Å²) in [4.78, 5) is 33.3. The molecule has 226 valence electrons. The Morgan fingerprint density at radius 1 is 0.822 bits per heavy atom. The monoisotopic (exact) mass is 614 g/mol. The van der Waals surface area contributed by atoms with E-state index in [1.54, 1.807) is 4.57 Å². The Morgan fingerprint density at radius 2 is 1.51 bits per heavy atom. The molecule has 1 aliphatic heterocycles. The van der Waals surface area contributed by atoms with Crippen molar-refractivity contribution in [3.05, 3.63) is 130 Å². The summed E-state index contributed by atoms with van der Waals surface area (Å²) in [5.41, 5.74) is 5.87. The molecule has 7 rings (SSSR count). The minimum Gasteiger partial charge on any atom is -0.367 e. The number of carbonyl (C=O) groups is 1. The number of pyridine rings is 1. The van der Waals surface area contributed by atoms with Gasteiger partial charge in [-0.15, -0.1) is 0 Å². The molecule has 1 saturated heterocycles. The van der Waals surface area contributed by atoms with Gasteiger partial charge in [0.25, 0.3) is 11.5 Å². The van der Waals surface area contributed by atoms with Crippen molar-refractivity contribution in [2.45, 2.75) is 25.9 Å². The van der Waals surface area contributed by atoms with Gasteiger partial charge in [0.15, 0.2) is 0 Å². The zero-order valence-corrected chi connectivity index (χ0v) is 25.9. The summed E-state index contributed by atoms with van der Waals surface area (Å²) < 4.78 is 10.7. The van der Waals surface area contributed by atoms with Crippen LogP contribution in [0.4, 0.5) is 5.69 Å². The van der Waals surface area contributed by atoms with E-state index in [-0.39, 0.29) is 17.5 Å². The number of nitrogens with zero attached hydrogens (tertiary/aromatic N) is 5. The number of para-hydroxylation sites is 1. The summed E-state index contributed by atoms with van der Waals surface area (Å²) >= 11 is 1.24. The van der Waals surface area contributed by atoms with Crippen molar-refractivity contribution in [1.82, 2.24) is 23.5 Å². The lowest BCUT2D eigenvalue weighted by molar-refractivity contribution is 0.0934. The normalized spacial score (nSPS) is 14.6. The minimum absolute atomic E-state index is 0.125. The van der Waals surface area contributed by atoms with Crippen LogP contribution in [-0.2, 0) is 6.54 Å². The third-order valence-corrected chi connectivity index (χ3v) is 9.24. The van der Waals surface area contributed by atoms with E-state index >= 15 is 0 Å². The van der Waals surface area contributed by atoms with Gasteiger partial charge < -0.3 is 10.2 Å². The van der Waals surface area contributed by atoms with E-state index in [1.807, 2.05) is 97.1 Å². The van der Waals surface area contributed by atoms with Crippen molar-refractivity contribution in [2.75, 3.05) is 31.1 Å². The van der Waals surface area contributed by atoms with E-state index in [9.17, 15) is 9.59 Å². The summed E-state index contributed by atoms with van der Waals surface area (Å²) in [5.74, 6) is -0.178. The lowest BCUT2D eigenvalue weighted by atomic mass is 9.99. The van der Waals surface area contributed by atoms with Crippen LogP contribution in [0.25, 0.3) is 27.5 Å². The first-order valence-corrected chi connectivity index (χ1v) is 16.1. The van der Waals surface area contributed by atoms with E-state index < -0.39 is 0 Å². The predicted octanol–water partition coefficient (Wildman–Crippen LogP) is 6.20. The number of rotatable bonds is 8. The Hall–Kier alpha value is -4.86. The fourth-order valence-electron chi connectivity index (χ4n) is 6.39. The van der Waals surface area contributed by atoms with Gasteiger partial charge in [-0.25, -0.2) is 0 Å². The van der Waals surface area contributed by atoms with Crippen LogP contribution in [0.2, 0.25) is 0 Å². The predicted molar refractivity (Wildman–Crippen MR) is 181 cm³/mol. The van der Waals surface area contributed by atoms with Crippen LogP contribution in [0.3, 0.4) is 0 Å². The maximum Gasteiger partial charge on any atom is 0.263 e.